The van der Waals surface area contributed by atoms with Crippen LogP contribution in [0, 0.1) is 5.92 Å². The fourth-order valence-electron chi connectivity index (χ4n) is 2.90. The van der Waals surface area contributed by atoms with Crippen LogP contribution >= 0.6 is 0 Å². The molecule has 1 saturated carbocycles. The van der Waals surface area contributed by atoms with Crippen LogP contribution in [0.25, 0.3) is 0 Å². The van der Waals surface area contributed by atoms with Crippen LogP contribution in [-0.4, -0.2) is 26.7 Å². The smallest absolute Gasteiger partial charge is 0.191 e. The lowest BCUT2D eigenvalue weighted by Crippen LogP contribution is -2.28. The summed E-state index contributed by atoms with van der Waals surface area (Å²) in [4.78, 5) is 0.669. The third kappa shape index (κ3) is 4.61. The molecule has 1 atom stereocenters. The molecular formula is C16H25NO3S. The highest BCUT2D eigenvalue weighted by Gasteiger charge is 2.25. The molecule has 1 fully saturated rings. The number of rotatable bonds is 6. The van der Waals surface area contributed by atoms with Crippen molar-refractivity contribution >= 4 is 10.8 Å². The van der Waals surface area contributed by atoms with Crippen LogP contribution < -0.4 is 5.73 Å². The van der Waals surface area contributed by atoms with Crippen molar-refractivity contribution in [2.24, 2.45) is 11.7 Å². The molecule has 0 saturated heterocycles. The molecule has 0 aliphatic heterocycles. The molecule has 0 aromatic heterocycles. The van der Waals surface area contributed by atoms with Crippen molar-refractivity contribution in [1.29, 1.82) is 0 Å². The number of hydrogen-bond donors (Lipinski definition) is 3. The molecule has 0 amide bonds. The first-order chi connectivity index (χ1) is 10.0. The van der Waals surface area contributed by atoms with Crippen LogP contribution in [0.3, 0.4) is 0 Å². The highest BCUT2D eigenvalue weighted by molar-refractivity contribution is 7.85. The summed E-state index contributed by atoms with van der Waals surface area (Å²) in [7, 11) is -1.08. The van der Waals surface area contributed by atoms with Gasteiger partial charge in [0.05, 0.1) is 10.8 Å². The lowest BCUT2D eigenvalue weighted by molar-refractivity contribution is -0.172. The summed E-state index contributed by atoms with van der Waals surface area (Å²) in [6.45, 7) is 0.183. The van der Waals surface area contributed by atoms with Gasteiger partial charge in [0.25, 0.3) is 0 Å². The van der Waals surface area contributed by atoms with E-state index in [0.29, 0.717) is 22.1 Å². The molecule has 1 aromatic carbocycles. The van der Waals surface area contributed by atoms with Crippen molar-refractivity contribution in [3.63, 3.8) is 0 Å². The first-order valence-electron chi connectivity index (χ1n) is 7.66. The molecule has 5 heteroatoms. The van der Waals surface area contributed by atoms with E-state index in [9.17, 15) is 14.4 Å². The Labute approximate surface area is 128 Å². The third-order valence-electron chi connectivity index (χ3n) is 4.16. The minimum Gasteiger partial charge on any atom is -0.362 e. The van der Waals surface area contributed by atoms with Crippen LogP contribution in [0.2, 0.25) is 0 Å². The standard InChI is InChI=1S/C16H25NO3S/c17-10-9-16(18,19)14-7-4-8-15(11-14)21(20)12-13-5-2-1-3-6-13/h4,7-8,11,13,18-19H,1-3,5-6,9-10,12,17H2. The monoisotopic (exact) mass is 311 g/mol. The Bertz CT molecular complexity index is 484. The normalized spacial score (nSPS) is 18.6. The Morgan fingerprint density at radius 1 is 1.24 bits per heavy atom. The predicted molar refractivity (Wildman–Crippen MR) is 84.1 cm³/mol. The van der Waals surface area contributed by atoms with Gasteiger partial charge in [-0.2, -0.15) is 0 Å². The molecule has 0 bridgehead atoms. The topological polar surface area (TPSA) is 83.6 Å². The lowest BCUT2D eigenvalue weighted by atomic mass is 9.91. The van der Waals surface area contributed by atoms with Crippen LogP contribution in [0.1, 0.15) is 44.1 Å². The molecule has 1 aromatic rings. The summed E-state index contributed by atoms with van der Waals surface area (Å²) in [5.74, 6) is -0.746. The van der Waals surface area contributed by atoms with E-state index in [2.05, 4.69) is 0 Å². The summed E-state index contributed by atoms with van der Waals surface area (Å²) in [5.41, 5.74) is 5.76. The first-order valence-corrected chi connectivity index (χ1v) is 8.98. The van der Waals surface area contributed by atoms with E-state index in [-0.39, 0.29) is 13.0 Å². The first kappa shape index (κ1) is 16.6. The number of hydrogen-bond acceptors (Lipinski definition) is 4. The van der Waals surface area contributed by atoms with E-state index in [1.807, 2.05) is 0 Å². The van der Waals surface area contributed by atoms with Crippen molar-refractivity contribution < 1.29 is 14.4 Å². The maximum absolute atomic E-state index is 12.5. The average molecular weight is 311 g/mol. The Kier molecular flexibility index (Phi) is 5.93. The highest BCUT2D eigenvalue weighted by atomic mass is 32.2. The van der Waals surface area contributed by atoms with Gasteiger partial charge in [-0.05, 0) is 37.4 Å². The second-order valence-corrected chi connectivity index (χ2v) is 7.40. The predicted octanol–water partition coefficient (Wildman–Crippen LogP) is 1.86. The fraction of sp³-hybridized carbons (Fsp3) is 0.625. The molecule has 118 valence electrons. The van der Waals surface area contributed by atoms with E-state index in [1.165, 1.54) is 19.3 Å². The zero-order valence-electron chi connectivity index (χ0n) is 12.3. The van der Waals surface area contributed by atoms with E-state index in [0.717, 1.165) is 12.8 Å². The Morgan fingerprint density at radius 3 is 2.62 bits per heavy atom. The lowest BCUT2D eigenvalue weighted by Gasteiger charge is -2.23. The number of nitrogens with two attached hydrogens (primary N) is 1. The van der Waals surface area contributed by atoms with E-state index in [1.54, 1.807) is 24.3 Å². The van der Waals surface area contributed by atoms with Gasteiger partial charge in [0, 0.05) is 22.6 Å². The zero-order valence-corrected chi connectivity index (χ0v) is 13.1. The van der Waals surface area contributed by atoms with Gasteiger partial charge < -0.3 is 15.9 Å². The summed E-state index contributed by atoms with van der Waals surface area (Å²) in [6.07, 6.45) is 6.12. The van der Waals surface area contributed by atoms with Gasteiger partial charge in [-0.3, -0.25) is 4.21 Å². The van der Waals surface area contributed by atoms with Crippen LogP contribution in [-0.2, 0) is 16.6 Å². The largest absolute Gasteiger partial charge is 0.362 e. The van der Waals surface area contributed by atoms with Crippen molar-refractivity contribution in [3.8, 4) is 0 Å². The maximum atomic E-state index is 12.5. The number of benzene rings is 1. The second-order valence-electron chi connectivity index (χ2n) is 5.90. The summed E-state index contributed by atoms with van der Waals surface area (Å²) < 4.78 is 12.5. The quantitative estimate of drug-likeness (QED) is 0.700. The molecule has 21 heavy (non-hydrogen) atoms. The van der Waals surface area contributed by atoms with Crippen molar-refractivity contribution in [2.75, 3.05) is 12.3 Å². The molecule has 4 N–H and O–H groups in total. The van der Waals surface area contributed by atoms with Gasteiger partial charge >= 0.3 is 0 Å². The fourth-order valence-corrected chi connectivity index (χ4v) is 4.34. The second kappa shape index (κ2) is 7.49. The molecule has 1 aliphatic rings. The number of aliphatic hydroxyl groups is 2. The van der Waals surface area contributed by atoms with Crippen molar-refractivity contribution in [1.82, 2.24) is 0 Å². The molecule has 1 unspecified atom stereocenters. The van der Waals surface area contributed by atoms with E-state index < -0.39 is 16.6 Å². The molecule has 1 aliphatic carbocycles. The van der Waals surface area contributed by atoms with Crippen molar-refractivity contribution in [2.45, 2.75) is 49.2 Å². The third-order valence-corrected chi connectivity index (χ3v) is 5.72. The van der Waals surface area contributed by atoms with Gasteiger partial charge in [-0.1, -0.05) is 31.4 Å². The van der Waals surface area contributed by atoms with Crippen LogP contribution in [0.5, 0.6) is 0 Å². The van der Waals surface area contributed by atoms with Crippen LogP contribution in [0.15, 0.2) is 29.2 Å². The molecular weight excluding hydrogens is 286 g/mol. The minimum absolute atomic E-state index is 0.0612. The average Bonchev–Trinajstić information content (AvgIpc) is 2.48. The Balaban J connectivity index is 2.07. The van der Waals surface area contributed by atoms with E-state index in [4.69, 9.17) is 5.73 Å². The Hall–Kier alpha value is -0.750. The SMILES string of the molecule is NCCC(O)(O)c1cccc(S(=O)CC2CCCCC2)c1. The minimum atomic E-state index is -1.94. The van der Waals surface area contributed by atoms with E-state index >= 15 is 0 Å². The van der Waals surface area contributed by atoms with Gasteiger partial charge in [0.15, 0.2) is 5.79 Å². The van der Waals surface area contributed by atoms with Crippen molar-refractivity contribution in [3.05, 3.63) is 29.8 Å². The summed E-state index contributed by atoms with van der Waals surface area (Å²) in [6, 6.07) is 6.79. The Morgan fingerprint density at radius 2 is 1.95 bits per heavy atom. The molecule has 0 spiro atoms. The molecule has 2 rings (SSSR count). The van der Waals surface area contributed by atoms with Gasteiger partial charge in [0.1, 0.15) is 0 Å². The zero-order chi connectivity index (χ0) is 15.3. The molecule has 0 heterocycles. The summed E-state index contributed by atoms with van der Waals surface area (Å²) >= 11 is 0. The van der Waals surface area contributed by atoms with Gasteiger partial charge in [-0.25, -0.2) is 0 Å². The summed E-state index contributed by atoms with van der Waals surface area (Å²) in [5, 5.41) is 20.0. The highest BCUT2D eigenvalue weighted by Crippen LogP contribution is 2.27. The maximum Gasteiger partial charge on any atom is 0.191 e. The van der Waals surface area contributed by atoms with Gasteiger partial charge in [0.2, 0.25) is 0 Å². The van der Waals surface area contributed by atoms with Crippen LogP contribution in [0.4, 0.5) is 0 Å². The molecule has 0 radical (unpaired) electrons. The van der Waals surface area contributed by atoms with Gasteiger partial charge in [-0.15, -0.1) is 0 Å². The molecule has 4 nitrogen and oxygen atoms in total.